The first-order valence-corrected chi connectivity index (χ1v) is 7.96. The summed E-state index contributed by atoms with van der Waals surface area (Å²) in [4.78, 5) is 12.0. The Hall–Kier alpha value is -0.650. The number of rotatable bonds is 7. The van der Waals surface area contributed by atoms with Gasteiger partial charge >= 0.3 is 0 Å². The van der Waals surface area contributed by atoms with Crippen molar-refractivity contribution in [2.75, 3.05) is 32.9 Å². The fourth-order valence-corrected chi connectivity index (χ4v) is 2.89. The number of hydrogen-bond acceptors (Lipinski definition) is 4. The number of hydrogen-bond donors (Lipinski definition) is 2. The maximum Gasteiger partial charge on any atom is 0.223 e. The summed E-state index contributed by atoms with van der Waals surface area (Å²) in [6.07, 6.45) is 5.33. The SMILES string of the molecule is C[C@H]1C[C@@H](C(=O)NCCCOCC2CCCO2)CCN1. The molecular weight excluding hydrogens is 256 g/mol. The van der Waals surface area contributed by atoms with E-state index in [0.717, 1.165) is 45.3 Å². The lowest BCUT2D eigenvalue weighted by Crippen LogP contribution is -2.42. The Labute approximate surface area is 121 Å². The molecule has 0 aromatic heterocycles. The largest absolute Gasteiger partial charge is 0.379 e. The molecule has 116 valence electrons. The van der Waals surface area contributed by atoms with Crippen molar-refractivity contribution in [1.29, 1.82) is 0 Å². The van der Waals surface area contributed by atoms with Gasteiger partial charge in [-0.3, -0.25) is 4.79 Å². The van der Waals surface area contributed by atoms with Gasteiger partial charge in [0.1, 0.15) is 0 Å². The van der Waals surface area contributed by atoms with Crippen LogP contribution < -0.4 is 10.6 Å². The van der Waals surface area contributed by atoms with Crippen molar-refractivity contribution in [1.82, 2.24) is 10.6 Å². The van der Waals surface area contributed by atoms with Crippen LogP contribution in [0, 0.1) is 5.92 Å². The highest BCUT2D eigenvalue weighted by Gasteiger charge is 2.24. The highest BCUT2D eigenvalue weighted by molar-refractivity contribution is 5.78. The molecule has 1 amide bonds. The summed E-state index contributed by atoms with van der Waals surface area (Å²) in [6.45, 7) is 6.06. The van der Waals surface area contributed by atoms with Crippen LogP contribution in [0.3, 0.4) is 0 Å². The third kappa shape index (κ3) is 5.38. The summed E-state index contributed by atoms with van der Waals surface area (Å²) in [5.41, 5.74) is 0. The topological polar surface area (TPSA) is 59.6 Å². The Balaban J connectivity index is 1.46. The minimum Gasteiger partial charge on any atom is -0.379 e. The van der Waals surface area contributed by atoms with Gasteiger partial charge in [-0.05, 0) is 45.6 Å². The Morgan fingerprint density at radius 2 is 2.35 bits per heavy atom. The minimum absolute atomic E-state index is 0.180. The van der Waals surface area contributed by atoms with E-state index in [1.807, 2.05) is 0 Å². The molecule has 1 unspecified atom stereocenters. The normalized spacial score (nSPS) is 30.4. The van der Waals surface area contributed by atoms with E-state index in [9.17, 15) is 4.79 Å². The van der Waals surface area contributed by atoms with Crippen LogP contribution in [-0.2, 0) is 14.3 Å². The molecule has 2 N–H and O–H groups in total. The second-order valence-corrected chi connectivity index (χ2v) is 5.93. The molecule has 2 rings (SSSR count). The van der Waals surface area contributed by atoms with Gasteiger partial charge in [0.2, 0.25) is 5.91 Å². The molecule has 0 spiro atoms. The molecule has 2 fully saturated rings. The molecule has 0 radical (unpaired) electrons. The third-order valence-electron chi connectivity index (χ3n) is 4.09. The zero-order valence-corrected chi connectivity index (χ0v) is 12.5. The van der Waals surface area contributed by atoms with Gasteiger partial charge in [-0.15, -0.1) is 0 Å². The van der Waals surface area contributed by atoms with Gasteiger partial charge in [-0.25, -0.2) is 0 Å². The van der Waals surface area contributed by atoms with Crippen molar-refractivity contribution in [2.45, 2.75) is 51.2 Å². The number of amides is 1. The summed E-state index contributed by atoms with van der Waals surface area (Å²) < 4.78 is 11.1. The first-order chi connectivity index (χ1) is 9.75. The first kappa shape index (κ1) is 15.7. The zero-order chi connectivity index (χ0) is 14.2. The summed E-state index contributed by atoms with van der Waals surface area (Å²) in [6, 6.07) is 0.453. The Bertz CT molecular complexity index is 293. The van der Waals surface area contributed by atoms with Crippen LogP contribution in [0.1, 0.15) is 39.0 Å². The van der Waals surface area contributed by atoms with E-state index in [-0.39, 0.29) is 11.8 Å². The number of carbonyl (C=O) groups excluding carboxylic acids is 1. The van der Waals surface area contributed by atoms with Crippen LogP contribution in [0.25, 0.3) is 0 Å². The van der Waals surface area contributed by atoms with Gasteiger partial charge in [0.15, 0.2) is 0 Å². The van der Waals surface area contributed by atoms with Crippen LogP contribution in [-0.4, -0.2) is 51.0 Å². The molecule has 5 nitrogen and oxygen atoms in total. The zero-order valence-electron chi connectivity index (χ0n) is 12.5. The number of piperidine rings is 1. The molecule has 2 heterocycles. The monoisotopic (exact) mass is 284 g/mol. The first-order valence-electron chi connectivity index (χ1n) is 7.96. The van der Waals surface area contributed by atoms with E-state index in [0.29, 0.717) is 31.9 Å². The fraction of sp³-hybridized carbons (Fsp3) is 0.933. The number of nitrogens with one attached hydrogen (secondary N) is 2. The van der Waals surface area contributed by atoms with Crippen LogP contribution in [0.2, 0.25) is 0 Å². The molecule has 0 aliphatic carbocycles. The van der Waals surface area contributed by atoms with E-state index in [1.165, 1.54) is 0 Å². The molecule has 2 aliphatic rings. The molecule has 20 heavy (non-hydrogen) atoms. The van der Waals surface area contributed by atoms with Gasteiger partial charge in [-0.2, -0.15) is 0 Å². The highest BCUT2D eigenvalue weighted by Crippen LogP contribution is 2.16. The van der Waals surface area contributed by atoms with Crippen molar-refractivity contribution < 1.29 is 14.3 Å². The lowest BCUT2D eigenvalue weighted by molar-refractivity contribution is -0.126. The lowest BCUT2D eigenvalue weighted by atomic mass is 9.92. The van der Waals surface area contributed by atoms with Gasteiger partial charge < -0.3 is 20.1 Å². The van der Waals surface area contributed by atoms with Crippen molar-refractivity contribution in [3.63, 3.8) is 0 Å². The molecule has 0 aromatic carbocycles. The van der Waals surface area contributed by atoms with E-state index in [1.54, 1.807) is 0 Å². The Morgan fingerprint density at radius 1 is 1.45 bits per heavy atom. The number of ether oxygens (including phenoxy) is 2. The van der Waals surface area contributed by atoms with E-state index in [4.69, 9.17) is 9.47 Å². The molecule has 2 aliphatic heterocycles. The lowest BCUT2D eigenvalue weighted by Gasteiger charge is -2.27. The van der Waals surface area contributed by atoms with Gasteiger partial charge in [0.05, 0.1) is 12.7 Å². The molecular formula is C15H28N2O3. The van der Waals surface area contributed by atoms with Crippen LogP contribution in [0.15, 0.2) is 0 Å². The summed E-state index contributed by atoms with van der Waals surface area (Å²) in [7, 11) is 0. The second-order valence-electron chi connectivity index (χ2n) is 5.93. The van der Waals surface area contributed by atoms with Gasteiger partial charge in [0.25, 0.3) is 0 Å². The molecule has 0 bridgehead atoms. The average Bonchev–Trinajstić information content (AvgIpc) is 2.95. The quantitative estimate of drug-likeness (QED) is 0.687. The van der Waals surface area contributed by atoms with Crippen molar-refractivity contribution in [3.05, 3.63) is 0 Å². The van der Waals surface area contributed by atoms with Crippen LogP contribution in [0.4, 0.5) is 0 Å². The molecule has 2 saturated heterocycles. The summed E-state index contributed by atoms with van der Waals surface area (Å²) in [5, 5.41) is 6.39. The van der Waals surface area contributed by atoms with E-state index >= 15 is 0 Å². The van der Waals surface area contributed by atoms with Crippen LogP contribution in [0.5, 0.6) is 0 Å². The average molecular weight is 284 g/mol. The number of carbonyl (C=O) groups is 1. The molecule has 3 atom stereocenters. The maximum atomic E-state index is 12.0. The predicted octanol–water partition coefficient (Wildman–Crippen LogP) is 1.08. The van der Waals surface area contributed by atoms with E-state index < -0.39 is 0 Å². The second kappa shape index (κ2) is 8.60. The van der Waals surface area contributed by atoms with Gasteiger partial charge in [-0.1, -0.05) is 0 Å². The molecule has 0 aromatic rings. The smallest absolute Gasteiger partial charge is 0.223 e. The highest BCUT2D eigenvalue weighted by atomic mass is 16.5. The van der Waals surface area contributed by atoms with Crippen molar-refractivity contribution >= 4 is 5.91 Å². The van der Waals surface area contributed by atoms with Crippen molar-refractivity contribution in [2.24, 2.45) is 5.92 Å². The van der Waals surface area contributed by atoms with Crippen molar-refractivity contribution in [3.8, 4) is 0 Å². The summed E-state index contributed by atoms with van der Waals surface area (Å²) in [5.74, 6) is 0.386. The third-order valence-corrected chi connectivity index (χ3v) is 4.09. The van der Waals surface area contributed by atoms with Crippen LogP contribution >= 0.6 is 0 Å². The minimum atomic E-state index is 0.180. The van der Waals surface area contributed by atoms with E-state index in [2.05, 4.69) is 17.6 Å². The van der Waals surface area contributed by atoms with Gasteiger partial charge in [0, 0.05) is 31.7 Å². The fourth-order valence-electron chi connectivity index (χ4n) is 2.89. The standard InChI is InChI=1S/C15H28N2O3/c1-12-10-13(5-7-16-12)15(18)17-6-3-8-19-11-14-4-2-9-20-14/h12-14,16H,2-11H2,1H3,(H,17,18)/t12-,13-,14?/m0/s1. The Morgan fingerprint density at radius 3 is 3.10 bits per heavy atom. The predicted molar refractivity (Wildman–Crippen MR) is 77.6 cm³/mol. The molecule has 5 heteroatoms. The molecule has 0 saturated carbocycles. The summed E-state index contributed by atoms with van der Waals surface area (Å²) >= 11 is 0. The Kier molecular flexibility index (Phi) is 6.76. The maximum absolute atomic E-state index is 12.0.